The van der Waals surface area contributed by atoms with Crippen molar-refractivity contribution in [2.75, 3.05) is 7.05 Å². The van der Waals surface area contributed by atoms with Crippen LogP contribution in [0.5, 0.6) is 0 Å². The molecule has 1 fully saturated rings. The van der Waals surface area contributed by atoms with Crippen LogP contribution in [0.4, 0.5) is 0 Å². The Hall–Kier alpha value is -1.55. The molecule has 114 valence electrons. The van der Waals surface area contributed by atoms with Crippen molar-refractivity contribution in [2.45, 2.75) is 38.1 Å². The fraction of sp³-hybridized carbons (Fsp3) is 0.588. The molecule has 1 unspecified atom stereocenters. The lowest BCUT2D eigenvalue weighted by molar-refractivity contribution is 0.413. The minimum atomic E-state index is 0.0407. The molecule has 1 aromatic heterocycles. The molecule has 3 rings (SSSR count). The third-order valence-corrected chi connectivity index (χ3v) is 5.09. The van der Waals surface area contributed by atoms with E-state index < -0.39 is 0 Å². The minimum Gasteiger partial charge on any atom is -0.313 e. The monoisotopic (exact) mass is 287 g/mol. The molecule has 1 aliphatic rings. The molecule has 0 aliphatic heterocycles. The average molecular weight is 287 g/mol. The summed E-state index contributed by atoms with van der Waals surface area (Å²) in [7, 11) is 5.71. The Kier molecular flexibility index (Phi) is 3.89. The van der Waals surface area contributed by atoms with Crippen molar-refractivity contribution in [1.29, 1.82) is 0 Å². The zero-order valence-corrected chi connectivity index (χ0v) is 13.2. The summed E-state index contributed by atoms with van der Waals surface area (Å²) in [6, 6.07) is 6.79. The third-order valence-electron chi connectivity index (χ3n) is 5.09. The molecule has 1 heterocycles. The highest BCUT2D eigenvalue weighted by Crippen LogP contribution is 2.33. The van der Waals surface area contributed by atoms with Gasteiger partial charge in [-0.05, 0) is 37.1 Å². The first kappa shape index (κ1) is 14.4. The van der Waals surface area contributed by atoms with Gasteiger partial charge < -0.3 is 5.32 Å². The van der Waals surface area contributed by atoms with Gasteiger partial charge in [-0.1, -0.05) is 31.7 Å². The molecule has 2 aromatic rings. The zero-order chi connectivity index (χ0) is 15.0. The van der Waals surface area contributed by atoms with Crippen LogP contribution in [-0.2, 0) is 14.1 Å². The van der Waals surface area contributed by atoms with Gasteiger partial charge in [0, 0.05) is 20.1 Å². The van der Waals surface area contributed by atoms with E-state index >= 15 is 0 Å². The van der Waals surface area contributed by atoms with E-state index in [2.05, 4.69) is 23.5 Å². The summed E-state index contributed by atoms with van der Waals surface area (Å²) in [6.07, 6.45) is 6.69. The minimum absolute atomic E-state index is 0.0407. The maximum Gasteiger partial charge on any atom is 0.328 e. The van der Waals surface area contributed by atoms with Gasteiger partial charge in [0.2, 0.25) is 0 Å². The van der Waals surface area contributed by atoms with E-state index in [1.165, 1.54) is 37.7 Å². The molecular weight excluding hydrogens is 262 g/mol. The molecule has 0 saturated heterocycles. The molecule has 1 aromatic carbocycles. The van der Waals surface area contributed by atoms with Crippen LogP contribution in [0.25, 0.3) is 11.0 Å². The maximum atomic E-state index is 12.0. The molecule has 4 nitrogen and oxygen atoms in total. The second-order valence-corrected chi connectivity index (χ2v) is 6.38. The molecule has 0 bridgehead atoms. The van der Waals surface area contributed by atoms with Gasteiger partial charge in [0.05, 0.1) is 11.0 Å². The number of nitrogens with zero attached hydrogens (tertiary/aromatic N) is 2. The van der Waals surface area contributed by atoms with Crippen molar-refractivity contribution in [3.63, 3.8) is 0 Å². The van der Waals surface area contributed by atoms with Crippen LogP contribution in [0.1, 0.15) is 43.7 Å². The Morgan fingerprint density at radius 3 is 2.52 bits per heavy atom. The van der Waals surface area contributed by atoms with Gasteiger partial charge >= 0.3 is 5.69 Å². The lowest BCUT2D eigenvalue weighted by Gasteiger charge is -2.20. The van der Waals surface area contributed by atoms with Crippen LogP contribution in [-0.4, -0.2) is 16.2 Å². The van der Waals surface area contributed by atoms with Crippen LogP contribution >= 0.6 is 0 Å². The Morgan fingerprint density at radius 2 is 1.86 bits per heavy atom. The maximum absolute atomic E-state index is 12.0. The van der Waals surface area contributed by atoms with E-state index in [1.807, 2.05) is 21.1 Å². The van der Waals surface area contributed by atoms with Crippen LogP contribution in [0.3, 0.4) is 0 Å². The lowest BCUT2D eigenvalue weighted by atomic mass is 9.93. The molecule has 0 radical (unpaired) electrons. The van der Waals surface area contributed by atoms with Gasteiger partial charge in [-0.15, -0.1) is 0 Å². The average Bonchev–Trinajstić information content (AvgIpc) is 3.09. The van der Waals surface area contributed by atoms with E-state index in [9.17, 15) is 4.79 Å². The van der Waals surface area contributed by atoms with Gasteiger partial charge in [0.25, 0.3) is 0 Å². The molecule has 0 spiro atoms. The number of aryl methyl sites for hydroxylation is 2. The number of hydrogen-bond acceptors (Lipinski definition) is 2. The molecule has 1 N–H and O–H groups in total. The number of nitrogens with one attached hydrogen (secondary N) is 1. The van der Waals surface area contributed by atoms with Gasteiger partial charge in [-0.2, -0.15) is 0 Å². The predicted molar refractivity (Wildman–Crippen MR) is 86.5 cm³/mol. The van der Waals surface area contributed by atoms with Crippen LogP contribution in [0.15, 0.2) is 23.0 Å². The summed E-state index contributed by atoms with van der Waals surface area (Å²) in [5.41, 5.74) is 3.35. The normalized spacial score (nSPS) is 17.7. The Labute approximate surface area is 125 Å². The first-order valence-corrected chi connectivity index (χ1v) is 7.94. The number of hydrogen-bond donors (Lipinski definition) is 1. The van der Waals surface area contributed by atoms with Crippen LogP contribution < -0.4 is 11.0 Å². The lowest BCUT2D eigenvalue weighted by Crippen LogP contribution is -2.19. The summed E-state index contributed by atoms with van der Waals surface area (Å²) < 4.78 is 3.45. The molecule has 21 heavy (non-hydrogen) atoms. The van der Waals surface area contributed by atoms with Crippen molar-refractivity contribution in [3.8, 4) is 0 Å². The Balaban J connectivity index is 1.94. The molecule has 1 atom stereocenters. The summed E-state index contributed by atoms with van der Waals surface area (Å²) >= 11 is 0. The first-order valence-electron chi connectivity index (χ1n) is 7.94. The standard InChI is InChI=1S/C17H25N3O/c1-18-14(10-12-6-4-5-7-12)13-8-9-15-16(11-13)20(3)17(21)19(15)2/h8-9,11-12,14,18H,4-7,10H2,1-3H3. The van der Waals surface area contributed by atoms with Crippen LogP contribution in [0.2, 0.25) is 0 Å². The topological polar surface area (TPSA) is 39.0 Å². The van der Waals surface area contributed by atoms with Crippen LogP contribution in [0, 0.1) is 5.92 Å². The predicted octanol–water partition coefficient (Wildman–Crippen LogP) is 2.72. The van der Waals surface area contributed by atoms with Crippen molar-refractivity contribution >= 4 is 11.0 Å². The van der Waals surface area contributed by atoms with Gasteiger partial charge in [-0.3, -0.25) is 9.13 Å². The largest absolute Gasteiger partial charge is 0.328 e. The Bertz CT molecular complexity index is 692. The fourth-order valence-electron chi connectivity index (χ4n) is 3.74. The van der Waals surface area contributed by atoms with Crippen molar-refractivity contribution < 1.29 is 0 Å². The quantitative estimate of drug-likeness (QED) is 0.939. The van der Waals surface area contributed by atoms with E-state index in [4.69, 9.17) is 0 Å². The molecule has 1 saturated carbocycles. The van der Waals surface area contributed by atoms with Crippen molar-refractivity contribution in [3.05, 3.63) is 34.2 Å². The van der Waals surface area contributed by atoms with E-state index in [1.54, 1.807) is 9.13 Å². The molecule has 0 amide bonds. The smallest absolute Gasteiger partial charge is 0.313 e. The van der Waals surface area contributed by atoms with Crippen molar-refractivity contribution in [2.24, 2.45) is 20.0 Å². The summed E-state index contributed by atoms with van der Waals surface area (Å²) in [5.74, 6) is 0.845. The number of rotatable bonds is 4. The molecular formula is C17H25N3O. The summed E-state index contributed by atoms with van der Waals surface area (Å²) in [6.45, 7) is 0. The SMILES string of the molecule is CNC(CC1CCCC1)c1ccc2c(c1)n(C)c(=O)n2C. The van der Waals surface area contributed by atoms with Gasteiger partial charge in [0.1, 0.15) is 0 Å². The number of aromatic nitrogens is 2. The fourth-order valence-corrected chi connectivity index (χ4v) is 3.74. The number of imidazole rings is 1. The van der Waals surface area contributed by atoms with E-state index in [0.29, 0.717) is 6.04 Å². The number of fused-ring (bicyclic) bond motifs is 1. The summed E-state index contributed by atoms with van der Waals surface area (Å²) in [5, 5.41) is 3.46. The Morgan fingerprint density at radius 1 is 1.19 bits per heavy atom. The highest BCUT2D eigenvalue weighted by atomic mass is 16.1. The summed E-state index contributed by atoms with van der Waals surface area (Å²) in [4.78, 5) is 12.0. The molecule has 4 heteroatoms. The molecule has 1 aliphatic carbocycles. The highest BCUT2D eigenvalue weighted by molar-refractivity contribution is 5.77. The van der Waals surface area contributed by atoms with Gasteiger partial charge in [0.15, 0.2) is 0 Å². The first-order chi connectivity index (χ1) is 10.1. The third kappa shape index (κ3) is 2.53. The van der Waals surface area contributed by atoms with Gasteiger partial charge in [-0.25, -0.2) is 4.79 Å². The second-order valence-electron chi connectivity index (χ2n) is 6.38. The van der Waals surface area contributed by atoms with Crippen molar-refractivity contribution in [1.82, 2.24) is 14.5 Å². The number of benzene rings is 1. The second kappa shape index (κ2) is 5.68. The highest BCUT2D eigenvalue weighted by Gasteiger charge is 2.21. The van der Waals surface area contributed by atoms with E-state index in [0.717, 1.165) is 17.0 Å². The van der Waals surface area contributed by atoms with E-state index in [-0.39, 0.29) is 5.69 Å². The zero-order valence-electron chi connectivity index (χ0n) is 13.2.